The Balaban J connectivity index is 1.65. The van der Waals surface area contributed by atoms with Crippen LogP contribution in [0.1, 0.15) is 17.0 Å². The summed E-state index contributed by atoms with van der Waals surface area (Å²) in [6.07, 6.45) is 0.932. The van der Waals surface area contributed by atoms with E-state index in [4.69, 9.17) is 23.8 Å². The Morgan fingerprint density at radius 2 is 1.73 bits per heavy atom. The number of fused-ring (bicyclic) bond motifs is 1. The van der Waals surface area contributed by atoms with Gasteiger partial charge < -0.3 is 10.2 Å². The average molecular weight is 437 g/mol. The molecular formula is C22H21ClN6S. The number of aryl methyl sites for hydroxylation is 2. The van der Waals surface area contributed by atoms with Crippen LogP contribution in [-0.4, -0.2) is 27.6 Å². The zero-order valence-electron chi connectivity index (χ0n) is 16.7. The minimum atomic E-state index is 0.327. The summed E-state index contributed by atoms with van der Waals surface area (Å²) < 4.78 is 0. The van der Waals surface area contributed by atoms with Crippen molar-refractivity contribution >= 4 is 52.2 Å². The predicted molar refractivity (Wildman–Crippen MR) is 128 cm³/mol. The zero-order valence-corrected chi connectivity index (χ0v) is 18.3. The fourth-order valence-corrected chi connectivity index (χ4v) is 3.71. The van der Waals surface area contributed by atoms with Crippen LogP contribution >= 0.6 is 23.8 Å². The maximum Gasteiger partial charge on any atom is 0.229 e. The molecule has 0 unspecified atom stereocenters. The SMILES string of the molecule is Cc1cc(C)nc(NC(=NC(=S)Nc2ccc(Cl)cc2)N2CCc3ccccc32)n1. The number of anilines is 3. The van der Waals surface area contributed by atoms with Crippen molar-refractivity contribution in [2.45, 2.75) is 20.3 Å². The monoisotopic (exact) mass is 436 g/mol. The molecule has 30 heavy (non-hydrogen) atoms. The maximum absolute atomic E-state index is 5.96. The number of nitrogens with zero attached hydrogens (tertiary/aromatic N) is 4. The van der Waals surface area contributed by atoms with E-state index in [1.54, 1.807) is 12.1 Å². The molecule has 8 heteroatoms. The largest absolute Gasteiger partial charge is 0.331 e. The summed E-state index contributed by atoms with van der Waals surface area (Å²) in [5, 5.41) is 7.40. The van der Waals surface area contributed by atoms with Gasteiger partial charge in [0.25, 0.3) is 0 Å². The first-order chi connectivity index (χ1) is 14.5. The zero-order chi connectivity index (χ0) is 21.1. The molecule has 3 aromatic rings. The second-order valence-electron chi connectivity index (χ2n) is 7.00. The number of benzene rings is 2. The van der Waals surface area contributed by atoms with Gasteiger partial charge in [0.15, 0.2) is 0 Å². The molecule has 2 N–H and O–H groups in total. The lowest BCUT2D eigenvalue weighted by molar-refractivity contribution is 1.01. The van der Waals surface area contributed by atoms with Gasteiger partial charge in [0.1, 0.15) is 0 Å². The summed E-state index contributed by atoms with van der Waals surface area (Å²) in [6, 6.07) is 17.5. The molecular weight excluding hydrogens is 416 g/mol. The number of hydrogen-bond acceptors (Lipinski definition) is 3. The minimum absolute atomic E-state index is 0.327. The second kappa shape index (κ2) is 8.77. The molecule has 0 bridgehead atoms. The van der Waals surface area contributed by atoms with Gasteiger partial charge >= 0.3 is 0 Å². The van der Waals surface area contributed by atoms with Crippen LogP contribution in [-0.2, 0) is 6.42 Å². The minimum Gasteiger partial charge on any atom is -0.331 e. The second-order valence-corrected chi connectivity index (χ2v) is 7.83. The van der Waals surface area contributed by atoms with Crippen molar-refractivity contribution in [3.63, 3.8) is 0 Å². The number of aliphatic imine (C=N–C) groups is 1. The van der Waals surface area contributed by atoms with E-state index < -0.39 is 0 Å². The quantitative estimate of drug-likeness (QED) is 0.335. The summed E-state index contributed by atoms with van der Waals surface area (Å²) in [7, 11) is 0. The molecule has 0 atom stereocenters. The number of nitrogens with one attached hydrogen (secondary N) is 2. The molecule has 0 saturated carbocycles. The Kier molecular flexibility index (Phi) is 5.92. The topological polar surface area (TPSA) is 65.4 Å². The van der Waals surface area contributed by atoms with Crippen LogP contribution in [0.5, 0.6) is 0 Å². The Hall–Kier alpha value is -3.03. The maximum atomic E-state index is 5.96. The van der Waals surface area contributed by atoms with Gasteiger partial charge in [0.05, 0.1) is 0 Å². The third kappa shape index (κ3) is 4.75. The van der Waals surface area contributed by atoms with Crippen molar-refractivity contribution < 1.29 is 0 Å². The van der Waals surface area contributed by atoms with Crippen LogP contribution in [0.25, 0.3) is 0 Å². The lowest BCUT2D eigenvalue weighted by Crippen LogP contribution is -2.37. The molecule has 0 aliphatic carbocycles. The van der Waals surface area contributed by atoms with Crippen molar-refractivity contribution in [3.05, 3.63) is 76.6 Å². The van der Waals surface area contributed by atoms with Crippen molar-refractivity contribution in [3.8, 4) is 0 Å². The fourth-order valence-electron chi connectivity index (χ4n) is 3.38. The van der Waals surface area contributed by atoms with Gasteiger partial charge in [-0.05, 0) is 74.4 Å². The summed E-state index contributed by atoms with van der Waals surface area (Å²) in [5.41, 5.74) is 4.95. The van der Waals surface area contributed by atoms with E-state index in [0.29, 0.717) is 22.0 Å². The molecule has 2 heterocycles. The van der Waals surface area contributed by atoms with E-state index in [1.807, 2.05) is 44.2 Å². The molecule has 0 fully saturated rings. The molecule has 2 aromatic carbocycles. The number of aromatic nitrogens is 2. The van der Waals surface area contributed by atoms with Gasteiger partial charge in [-0.25, -0.2) is 9.97 Å². The molecule has 0 radical (unpaired) electrons. The van der Waals surface area contributed by atoms with Crippen LogP contribution in [0.3, 0.4) is 0 Å². The molecule has 152 valence electrons. The number of para-hydroxylation sites is 1. The molecule has 0 amide bonds. The Labute approximate surface area is 186 Å². The van der Waals surface area contributed by atoms with Crippen molar-refractivity contribution in [2.24, 2.45) is 4.99 Å². The first kappa shape index (κ1) is 20.3. The van der Waals surface area contributed by atoms with Crippen LogP contribution in [0.4, 0.5) is 17.3 Å². The van der Waals surface area contributed by atoms with Crippen LogP contribution in [0, 0.1) is 13.8 Å². The van der Waals surface area contributed by atoms with Crippen LogP contribution < -0.4 is 15.5 Å². The normalized spacial score (nSPS) is 13.2. The molecule has 4 rings (SSSR count). The highest BCUT2D eigenvalue weighted by Gasteiger charge is 2.24. The highest BCUT2D eigenvalue weighted by molar-refractivity contribution is 7.80. The number of thiocarbonyl (C=S) groups is 1. The Morgan fingerprint density at radius 3 is 2.47 bits per heavy atom. The first-order valence-electron chi connectivity index (χ1n) is 9.58. The lowest BCUT2D eigenvalue weighted by atomic mass is 10.2. The van der Waals surface area contributed by atoms with Gasteiger partial charge in [-0.2, -0.15) is 4.99 Å². The number of guanidine groups is 1. The number of hydrogen-bond donors (Lipinski definition) is 2. The van der Waals surface area contributed by atoms with E-state index >= 15 is 0 Å². The Morgan fingerprint density at radius 1 is 1.03 bits per heavy atom. The third-order valence-electron chi connectivity index (χ3n) is 4.65. The number of rotatable bonds is 2. The van der Waals surface area contributed by atoms with Gasteiger partial charge in [-0.15, -0.1) is 0 Å². The smallest absolute Gasteiger partial charge is 0.229 e. The fraction of sp³-hybridized carbons (Fsp3) is 0.182. The molecule has 0 spiro atoms. The molecule has 6 nitrogen and oxygen atoms in total. The van der Waals surface area contributed by atoms with Crippen molar-refractivity contribution in [1.29, 1.82) is 0 Å². The summed E-state index contributed by atoms with van der Waals surface area (Å²) in [4.78, 5) is 15.8. The summed E-state index contributed by atoms with van der Waals surface area (Å²) in [5.74, 6) is 1.07. The van der Waals surface area contributed by atoms with Crippen LogP contribution in [0.2, 0.25) is 5.02 Å². The lowest BCUT2D eigenvalue weighted by Gasteiger charge is -2.22. The Bertz CT molecular complexity index is 1090. The third-order valence-corrected chi connectivity index (χ3v) is 5.10. The predicted octanol–water partition coefficient (Wildman–Crippen LogP) is 4.97. The summed E-state index contributed by atoms with van der Waals surface area (Å²) >= 11 is 11.5. The van der Waals surface area contributed by atoms with Crippen molar-refractivity contribution in [1.82, 2.24) is 9.97 Å². The van der Waals surface area contributed by atoms with Gasteiger partial charge in [-0.3, -0.25) is 5.32 Å². The van der Waals surface area contributed by atoms with Crippen molar-refractivity contribution in [2.75, 3.05) is 22.1 Å². The molecule has 1 aromatic heterocycles. The average Bonchev–Trinajstić information content (AvgIpc) is 3.13. The highest BCUT2D eigenvalue weighted by atomic mass is 35.5. The van der Waals surface area contributed by atoms with Gasteiger partial charge in [0, 0.05) is 34.3 Å². The number of halogens is 1. The molecule has 1 aliphatic rings. The van der Waals surface area contributed by atoms with E-state index in [9.17, 15) is 0 Å². The van der Waals surface area contributed by atoms with E-state index in [-0.39, 0.29) is 0 Å². The highest BCUT2D eigenvalue weighted by Crippen LogP contribution is 2.28. The van der Waals surface area contributed by atoms with Gasteiger partial charge in [0.2, 0.25) is 17.0 Å². The first-order valence-corrected chi connectivity index (χ1v) is 10.4. The van der Waals surface area contributed by atoms with Crippen LogP contribution in [0.15, 0.2) is 59.6 Å². The van der Waals surface area contributed by atoms with E-state index in [0.717, 1.165) is 35.7 Å². The summed E-state index contributed by atoms with van der Waals surface area (Å²) in [6.45, 7) is 4.67. The molecule has 1 aliphatic heterocycles. The van der Waals surface area contributed by atoms with Gasteiger partial charge in [-0.1, -0.05) is 29.8 Å². The van der Waals surface area contributed by atoms with E-state index in [1.165, 1.54) is 5.56 Å². The van der Waals surface area contributed by atoms with E-state index in [2.05, 4.69) is 42.6 Å². The standard InChI is InChI=1S/C22H21ClN6S/c1-14-13-15(2)25-20(24-14)27-21(29-12-11-16-5-3-4-6-19(16)29)28-22(30)26-18-9-7-17(23)8-10-18/h3-10,13H,11-12H2,1-2H3,(H2,24,25,26,27,28,30). The molecule has 0 saturated heterocycles.